The summed E-state index contributed by atoms with van der Waals surface area (Å²) in [5.41, 5.74) is 7.12. The van der Waals surface area contributed by atoms with Gasteiger partial charge in [-0.1, -0.05) is 35.5 Å². The molecule has 0 heterocycles. The van der Waals surface area contributed by atoms with Crippen molar-refractivity contribution >= 4 is 17.3 Å². The van der Waals surface area contributed by atoms with Gasteiger partial charge in [-0.05, 0) is 19.8 Å². The Kier molecular flexibility index (Phi) is 9.04. The number of benzene rings is 1. The van der Waals surface area contributed by atoms with E-state index in [-0.39, 0.29) is 5.38 Å². The molecule has 2 N–H and O–H groups in total. The fraction of sp³-hybridized carbons (Fsp3) is 0.533. The third-order valence-corrected chi connectivity index (χ3v) is 3.11. The molecule has 1 atom stereocenters. The first-order valence-electron chi connectivity index (χ1n) is 6.96. The van der Waals surface area contributed by atoms with Gasteiger partial charge < -0.3 is 15.3 Å². The van der Waals surface area contributed by atoms with E-state index < -0.39 is 0 Å². The summed E-state index contributed by atoms with van der Waals surface area (Å²) in [6, 6.07) is 9.82. The van der Waals surface area contributed by atoms with Gasteiger partial charge in [-0.15, -0.1) is 11.6 Å². The standard InChI is InChI=1S/C15H23ClN2O2/c1-2-19-11-6-9-14(16)15(18-20-12-10-17)13-7-4-3-5-8-13/h3-5,7-8,14H,2,6,9-12,17H2,1H3. The Balaban J connectivity index is 2.64. The molecule has 0 radical (unpaired) electrons. The van der Waals surface area contributed by atoms with Crippen molar-refractivity contribution in [2.75, 3.05) is 26.4 Å². The number of nitrogens with two attached hydrogens (primary N) is 1. The third kappa shape index (κ3) is 6.37. The van der Waals surface area contributed by atoms with E-state index >= 15 is 0 Å². The maximum absolute atomic E-state index is 6.44. The molecule has 0 aliphatic rings. The Morgan fingerprint density at radius 2 is 2.05 bits per heavy atom. The minimum absolute atomic E-state index is 0.198. The normalized spacial score (nSPS) is 13.2. The Morgan fingerprint density at radius 1 is 1.30 bits per heavy atom. The van der Waals surface area contributed by atoms with E-state index in [4.69, 9.17) is 26.9 Å². The van der Waals surface area contributed by atoms with Gasteiger partial charge in [0, 0.05) is 25.3 Å². The molecular weight excluding hydrogens is 276 g/mol. The highest BCUT2D eigenvalue weighted by atomic mass is 35.5. The number of hydrogen-bond acceptors (Lipinski definition) is 4. The smallest absolute Gasteiger partial charge is 0.129 e. The fourth-order valence-electron chi connectivity index (χ4n) is 1.71. The van der Waals surface area contributed by atoms with Crippen molar-refractivity contribution in [3.63, 3.8) is 0 Å². The van der Waals surface area contributed by atoms with Crippen molar-refractivity contribution in [3.8, 4) is 0 Å². The van der Waals surface area contributed by atoms with Crippen molar-refractivity contribution in [1.29, 1.82) is 0 Å². The lowest BCUT2D eigenvalue weighted by Crippen LogP contribution is -2.18. The number of hydrogen-bond donors (Lipinski definition) is 1. The number of halogens is 1. The van der Waals surface area contributed by atoms with E-state index in [0.717, 1.165) is 30.7 Å². The van der Waals surface area contributed by atoms with Crippen LogP contribution in [0.25, 0.3) is 0 Å². The van der Waals surface area contributed by atoms with Gasteiger partial charge in [-0.3, -0.25) is 0 Å². The lowest BCUT2D eigenvalue weighted by atomic mass is 10.0. The maximum Gasteiger partial charge on any atom is 0.129 e. The van der Waals surface area contributed by atoms with Crippen LogP contribution < -0.4 is 5.73 Å². The van der Waals surface area contributed by atoms with Crippen molar-refractivity contribution in [1.82, 2.24) is 0 Å². The number of rotatable bonds is 10. The summed E-state index contributed by atoms with van der Waals surface area (Å²) in [6.45, 7) is 4.25. The number of alkyl halides is 1. The zero-order chi connectivity index (χ0) is 14.6. The Morgan fingerprint density at radius 3 is 2.70 bits per heavy atom. The van der Waals surface area contributed by atoms with Crippen LogP contribution in [0, 0.1) is 0 Å². The second-order valence-corrected chi connectivity index (χ2v) is 4.80. The molecule has 1 rings (SSSR count). The highest BCUT2D eigenvalue weighted by Gasteiger charge is 2.16. The molecule has 0 spiro atoms. The second kappa shape index (κ2) is 10.7. The number of nitrogens with zero attached hydrogens (tertiary/aromatic N) is 1. The van der Waals surface area contributed by atoms with Crippen LogP contribution in [0.5, 0.6) is 0 Å². The highest BCUT2D eigenvalue weighted by Crippen LogP contribution is 2.15. The predicted octanol–water partition coefficient (Wildman–Crippen LogP) is 2.79. The maximum atomic E-state index is 6.44. The van der Waals surface area contributed by atoms with Crippen LogP contribution >= 0.6 is 11.6 Å². The molecule has 0 saturated heterocycles. The average Bonchev–Trinajstić information content (AvgIpc) is 2.49. The summed E-state index contributed by atoms with van der Waals surface area (Å²) in [5, 5.41) is 3.95. The SMILES string of the molecule is CCOCCCC(Cl)C(=NOCCN)c1ccccc1. The van der Waals surface area contributed by atoms with E-state index in [1.165, 1.54) is 0 Å². The summed E-state index contributed by atoms with van der Waals surface area (Å²) in [7, 11) is 0. The van der Waals surface area contributed by atoms with Crippen LogP contribution in [0.2, 0.25) is 0 Å². The minimum Gasteiger partial charge on any atom is -0.394 e. The molecule has 1 aromatic rings. The first-order valence-corrected chi connectivity index (χ1v) is 7.40. The minimum atomic E-state index is -0.198. The molecule has 112 valence electrons. The van der Waals surface area contributed by atoms with Crippen LogP contribution in [0.1, 0.15) is 25.3 Å². The quantitative estimate of drug-likeness (QED) is 0.313. The Labute approximate surface area is 125 Å². The van der Waals surface area contributed by atoms with Gasteiger partial charge >= 0.3 is 0 Å². The molecule has 0 aliphatic heterocycles. The zero-order valence-corrected chi connectivity index (χ0v) is 12.7. The molecule has 20 heavy (non-hydrogen) atoms. The topological polar surface area (TPSA) is 56.8 Å². The van der Waals surface area contributed by atoms with Crippen molar-refractivity contribution < 1.29 is 9.57 Å². The molecule has 0 amide bonds. The van der Waals surface area contributed by atoms with Crippen LogP contribution in [-0.2, 0) is 9.57 Å². The first-order chi connectivity index (χ1) is 9.79. The third-order valence-electron chi connectivity index (χ3n) is 2.69. The molecule has 0 bridgehead atoms. The van der Waals surface area contributed by atoms with Crippen LogP contribution in [0.4, 0.5) is 0 Å². The van der Waals surface area contributed by atoms with E-state index in [2.05, 4.69) is 5.16 Å². The highest BCUT2D eigenvalue weighted by molar-refractivity contribution is 6.35. The molecule has 5 heteroatoms. The van der Waals surface area contributed by atoms with Crippen molar-refractivity contribution in [2.24, 2.45) is 10.9 Å². The van der Waals surface area contributed by atoms with Crippen molar-refractivity contribution in [3.05, 3.63) is 35.9 Å². The summed E-state index contributed by atoms with van der Waals surface area (Å²) < 4.78 is 5.32. The summed E-state index contributed by atoms with van der Waals surface area (Å²) in [4.78, 5) is 5.20. The first kappa shape index (κ1) is 17.0. The van der Waals surface area contributed by atoms with Gasteiger partial charge in [0.15, 0.2) is 0 Å². The summed E-state index contributed by atoms with van der Waals surface area (Å²) in [6.07, 6.45) is 1.69. The predicted molar refractivity (Wildman–Crippen MR) is 83.4 cm³/mol. The molecular formula is C15H23ClN2O2. The van der Waals surface area contributed by atoms with Crippen LogP contribution in [0.3, 0.4) is 0 Å². The molecule has 0 fully saturated rings. The molecule has 4 nitrogen and oxygen atoms in total. The molecule has 1 aromatic carbocycles. The van der Waals surface area contributed by atoms with Gasteiger partial charge in [0.05, 0.1) is 5.38 Å². The largest absolute Gasteiger partial charge is 0.394 e. The van der Waals surface area contributed by atoms with E-state index in [1.54, 1.807) is 0 Å². The fourth-order valence-corrected chi connectivity index (χ4v) is 2.03. The van der Waals surface area contributed by atoms with Crippen molar-refractivity contribution in [2.45, 2.75) is 25.1 Å². The van der Waals surface area contributed by atoms with Gasteiger partial charge in [-0.25, -0.2) is 0 Å². The molecule has 0 aliphatic carbocycles. The monoisotopic (exact) mass is 298 g/mol. The van der Waals surface area contributed by atoms with E-state index in [9.17, 15) is 0 Å². The van der Waals surface area contributed by atoms with E-state index in [1.807, 2.05) is 37.3 Å². The number of ether oxygens (including phenoxy) is 1. The Hall–Kier alpha value is -1.10. The lowest BCUT2D eigenvalue weighted by Gasteiger charge is -2.13. The zero-order valence-electron chi connectivity index (χ0n) is 11.9. The van der Waals surface area contributed by atoms with Gasteiger partial charge in [-0.2, -0.15) is 0 Å². The van der Waals surface area contributed by atoms with E-state index in [0.29, 0.717) is 19.8 Å². The summed E-state index contributed by atoms with van der Waals surface area (Å²) >= 11 is 6.44. The van der Waals surface area contributed by atoms with Crippen LogP contribution in [-0.4, -0.2) is 37.5 Å². The average molecular weight is 299 g/mol. The van der Waals surface area contributed by atoms with Gasteiger partial charge in [0.25, 0.3) is 0 Å². The molecule has 0 saturated carbocycles. The van der Waals surface area contributed by atoms with Gasteiger partial charge in [0.2, 0.25) is 0 Å². The van der Waals surface area contributed by atoms with Gasteiger partial charge in [0.1, 0.15) is 12.3 Å². The van der Waals surface area contributed by atoms with Crippen LogP contribution in [0.15, 0.2) is 35.5 Å². The summed E-state index contributed by atoms with van der Waals surface area (Å²) in [5.74, 6) is 0. The number of oxime groups is 1. The Bertz CT molecular complexity index is 385. The molecule has 0 aromatic heterocycles. The molecule has 1 unspecified atom stereocenters. The second-order valence-electron chi connectivity index (χ2n) is 4.27. The lowest BCUT2D eigenvalue weighted by molar-refractivity contribution is 0.143.